The lowest BCUT2D eigenvalue weighted by atomic mass is 9.92. The second-order valence-electron chi connectivity index (χ2n) is 6.46. The van der Waals surface area contributed by atoms with Crippen LogP contribution in [0.2, 0.25) is 5.02 Å². The number of aryl methyl sites for hydroxylation is 1. The van der Waals surface area contributed by atoms with Crippen LogP contribution in [0.4, 0.5) is 0 Å². The van der Waals surface area contributed by atoms with E-state index < -0.39 is 0 Å². The van der Waals surface area contributed by atoms with Crippen LogP contribution in [0.3, 0.4) is 0 Å². The molecule has 2 heterocycles. The van der Waals surface area contributed by atoms with Gasteiger partial charge in [0.05, 0.1) is 27.7 Å². The van der Waals surface area contributed by atoms with Crippen LogP contribution in [-0.4, -0.2) is 22.9 Å². The molecule has 0 bridgehead atoms. The van der Waals surface area contributed by atoms with Gasteiger partial charge < -0.3 is 13.8 Å². The van der Waals surface area contributed by atoms with Crippen LogP contribution in [0, 0.1) is 6.92 Å². The largest absolute Gasteiger partial charge is 0.381 e. The molecule has 0 amide bonds. The molecule has 0 N–H and O–H groups in total. The zero-order chi connectivity index (χ0) is 16.8. The molecule has 6 heteroatoms. The Bertz CT molecular complexity index is 976. The Morgan fingerprint density at radius 3 is 2.96 bits per heavy atom. The summed E-state index contributed by atoms with van der Waals surface area (Å²) in [6.07, 6.45) is 4.04. The van der Waals surface area contributed by atoms with Gasteiger partial charge in [-0.05, 0) is 44.7 Å². The summed E-state index contributed by atoms with van der Waals surface area (Å²) in [4.78, 5) is 13.2. The Morgan fingerprint density at radius 1 is 1.33 bits per heavy atom. The van der Waals surface area contributed by atoms with E-state index in [-0.39, 0.29) is 17.7 Å². The quantitative estimate of drug-likeness (QED) is 0.696. The molecule has 2 unspecified atom stereocenters. The van der Waals surface area contributed by atoms with Crippen molar-refractivity contribution in [2.45, 2.75) is 44.8 Å². The van der Waals surface area contributed by atoms with Crippen LogP contribution in [0.25, 0.3) is 21.9 Å². The fourth-order valence-corrected chi connectivity index (χ4v) is 4.15. The smallest absolute Gasteiger partial charge is 0.264 e. The Morgan fingerprint density at radius 2 is 2.17 bits per heavy atom. The van der Waals surface area contributed by atoms with E-state index in [1.165, 1.54) is 0 Å². The van der Waals surface area contributed by atoms with Crippen LogP contribution in [0.1, 0.15) is 37.4 Å². The van der Waals surface area contributed by atoms with Gasteiger partial charge in [0.1, 0.15) is 5.39 Å². The Hall–Kier alpha value is -1.85. The van der Waals surface area contributed by atoms with Gasteiger partial charge in [0, 0.05) is 13.2 Å². The summed E-state index contributed by atoms with van der Waals surface area (Å²) in [6, 6.07) is 5.70. The number of pyridine rings is 1. The second kappa shape index (κ2) is 5.90. The van der Waals surface area contributed by atoms with E-state index in [1.54, 1.807) is 14.0 Å². The lowest BCUT2D eigenvalue weighted by Crippen LogP contribution is -2.31. The van der Waals surface area contributed by atoms with Gasteiger partial charge in [-0.15, -0.1) is 0 Å². The number of benzene rings is 1. The summed E-state index contributed by atoms with van der Waals surface area (Å²) in [5.41, 5.74) is 1.83. The van der Waals surface area contributed by atoms with E-state index in [9.17, 15) is 4.79 Å². The van der Waals surface area contributed by atoms with E-state index in [0.29, 0.717) is 21.7 Å². The third-order valence-corrected chi connectivity index (χ3v) is 5.39. The number of nitrogens with zero attached hydrogens (tertiary/aromatic N) is 2. The predicted octanol–water partition coefficient (Wildman–Crippen LogP) is 4.23. The zero-order valence-electron chi connectivity index (χ0n) is 13.7. The Labute approximate surface area is 144 Å². The molecule has 0 saturated heterocycles. The lowest BCUT2D eigenvalue weighted by molar-refractivity contribution is 0.0533. The SMILES string of the molecule is COC1CCCC(n2c(=O)c3c(C)noc3c3c(Cl)cccc32)C1. The average Bonchev–Trinajstić information content (AvgIpc) is 2.97. The van der Waals surface area contributed by atoms with Crippen LogP contribution < -0.4 is 5.56 Å². The topological polar surface area (TPSA) is 57.3 Å². The Balaban J connectivity index is 2.06. The van der Waals surface area contributed by atoms with Crippen molar-refractivity contribution in [2.24, 2.45) is 0 Å². The number of hydrogen-bond donors (Lipinski definition) is 0. The van der Waals surface area contributed by atoms with Crippen LogP contribution in [-0.2, 0) is 4.74 Å². The molecule has 24 heavy (non-hydrogen) atoms. The highest BCUT2D eigenvalue weighted by molar-refractivity contribution is 6.37. The van der Waals surface area contributed by atoms with E-state index in [4.69, 9.17) is 20.9 Å². The number of halogens is 1. The maximum Gasteiger partial charge on any atom is 0.264 e. The summed E-state index contributed by atoms with van der Waals surface area (Å²) >= 11 is 6.44. The van der Waals surface area contributed by atoms with Crippen molar-refractivity contribution in [2.75, 3.05) is 7.11 Å². The second-order valence-corrected chi connectivity index (χ2v) is 6.87. The molecule has 1 aromatic carbocycles. The molecule has 1 aliphatic rings. The van der Waals surface area contributed by atoms with Gasteiger partial charge in [-0.3, -0.25) is 4.79 Å². The van der Waals surface area contributed by atoms with E-state index in [0.717, 1.165) is 36.6 Å². The molecular weight excluding hydrogens is 328 g/mol. The molecule has 4 rings (SSSR count). The molecule has 1 saturated carbocycles. The third kappa shape index (κ3) is 2.26. The van der Waals surface area contributed by atoms with Gasteiger partial charge in [0.15, 0.2) is 5.58 Å². The molecule has 2 atom stereocenters. The molecule has 0 aliphatic heterocycles. The maximum absolute atomic E-state index is 13.2. The normalized spacial score (nSPS) is 21.6. The fraction of sp³-hybridized carbons (Fsp3) is 0.444. The highest BCUT2D eigenvalue weighted by Gasteiger charge is 2.28. The van der Waals surface area contributed by atoms with Crippen LogP contribution in [0.5, 0.6) is 0 Å². The highest BCUT2D eigenvalue weighted by atomic mass is 35.5. The number of rotatable bonds is 2. The molecule has 1 aliphatic carbocycles. The standard InChI is InChI=1S/C18H19ClN2O3/c1-10-15-17(24-20-10)16-13(19)7-4-8-14(16)21(18(15)22)11-5-3-6-12(9-11)23-2/h4,7-8,11-12H,3,5-6,9H2,1-2H3. The van der Waals surface area contributed by atoms with Gasteiger partial charge in [0.25, 0.3) is 5.56 Å². The van der Waals surface area contributed by atoms with Crippen molar-refractivity contribution in [3.8, 4) is 0 Å². The first-order valence-electron chi connectivity index (χ1n) is 8.23. The Kier molecular flexibility index (Phi) is 3.85. The monoisotopic (exact) mass is 346 g/mol. The fourth-order valence-electron chi connectivity index (χ4n) is 3.89. The van der Waals surface area contributed by atoms with Crippen molar-refractivity contribution >= 4 is 33.5 Å². The van der Waals surface area contributed by atoms with Gasteiger partial charge >= 0.3 is 0 Å². The first-order chi connectivity index (χ1) is 11.6. The zero-order valence-corrected chi connectivity index (χ0v) is 14.5. The minimum absolute atomic E-state index is 0.0553. The predicted molar refractivity (Wildman–Crippen MR) is 93.8 cm³/mol. The van der Waals surface area contributed by atoms with Gasteiger partial charge in [-0.25, -0.2) is 0 Å². The highest BCUT2D eigenvalue weighted by Crippen LogP contribution is 2.36. The third-order valence-electron chi connectivity index (χ3n) is 5.07. The van der Waals surface area contributed by atoms with Crippen molar-refractivity contribution in [3.05, 3.63) is 39.3 Å². The minimum Gasteiger partial charge on any atom is -0.381 e. The first-order valence-corrected chi connectivity index (χ1v) is 8.61. The molecule has 0 radical (unpaired) electrons. The molecule has 1 fully saturated rings. The van der Waals surface area contributed by atoms with Crippen molar-refractivity contribution in [1.29, 1.82) is 0 Å². The summed E-state index contributed by atoms with van der Waals surface area (Å²) in [6.45, 7) is 1.79. The lowest BCUT2D eigenvalue weighted by Gasteiger charge is -2.30. The number of fused-ring (bicyclic) bond motifs is 3. The minimum atomic E-state index is -0.0553. The van der Waals surface area contributed by atoms with E-state index in [1.807, 2.05) is 22.8 Å². The van der Waals surface area contributed by atoms with E-state index >= 15 is 0 Å². The molecule has 5 nitrogen and oxygen atoms in total. The summed E-state index contributed by atoms with van der Waals surface area (Å²) in [5.74, 6) is 0. The number of methoxy groups -OCH3 is 1. The van der Waals surface area contributed by atoms with Crippen LogP contribution >= 0.6 is 11.6 Å². The van der Waals surface area contributed by atoms with Gasteiger partial charge in [0.2, 0.25) is 0 Å². The number of hydrogen-bond acceptors (Lipinski definition) is 4. The summed E-state index contributed by atoms with van der Waals surface area (Å²) in [7, 11) is 1.73. The summed E-state index contributed by atoms with van der Waals surface area (Å²) in [5, 5.41) is 5.85. The molecule has 2 aromatic heterocycles. The number of aromatic nitrogens is 2. The van der Waals surface area contributed by atoms with Crippen LogP contribution in [0.15, 0.2) is 27.5 Å². The molecule has 3 aromatic rings. The van der Waals surface area contributed by atoms with E-state index in [2.05, 4.69) is 5.16 Å². The average molecular weight is 347 g/mol. The van der Waals surface area contributed by atoms with Crippen molar-refractivity contribution in [1.82, 2.24) is 9.72 Å². The summed E-state index contributed by atoms with van der Waals surface area (Å²) < 4.78 is 12.9. The first kappa shape index (κ1) is 15.7. The van der Waals surface area contributed by atoms with Crippen molar-refractivity contribution < 1.29 is 9.26 Å². The molecule has 0 spiro atoms. The number of ether oxygens (including phenoxy) is 1. The van der Waals surface area contributed by atoms with Crippen molar-refractivity contribution in [3.63, 3.8) is 0 Å². The molecule has 126 valence electrons. The molecular formula is C18H19ClN2O3. The van der Waals surface area contributed by atoms with Gasteiger partial charge in [-0.2, -0.15) is 0 Å². The maximum atomic E-state index is 13.2. The van der Waals surface area contributed by atoms with Gasteiger partial charge in [-0.1, -0.05) is 22.8 Å².